The van der Waals surface area contributed by atoms with Gasteiger partial charge in [-0.1, -0.05) is 26.8 Å². The summed E-state index contributed by atoms with van der Waals surface area (Å²) in [5.74, 6) is -0.0330. The third kappa shape index (κ3) is 5.63. The van der Waals surface area contributed by atoms with Crippen molar-refractivity contribution in [2.45, 2.75) is 53.5 Å². The number of anilines is 1. The van der Waals surface area contributed by atoms with Crippen molar-refractivity contribution in [3.8, 4) is 0 Å². The standard InChI is InChI=1S/C16H25BrN2O/c1-10-6-11(2)15(13(17)7-10)19-14(20)8-12(18)9-16(3,4)5/h6-7,12H,8-9,18H2,1-5H3,(H,19,20). The maximum Gasteiger partial charge on any atom is 0.225 e. The number of nitrogens with one attached hydrogen (secondary N) is 1. The van der Waals surface area contributed by atoms with E-state index in [1.54, 1.807) is 0 Å². The highest BCUT2D eigenvalue weighted by Gasteiger charge is 2.19. The molecule has 0 spiro atoms. The van der Waals surface area contributed by atoms with Gasteiger partial charge in [-0.05, 0) is 58.8 Å². The van der Waals surface area contributed by atoms with Gasteiger partial charge in [-0.25, -0.2) is 0 Å². The van der Waals surface area contributed by atoms with Crippen LogP contribution in [-0.2, 0) is 4.79 Å². The molecule has 3 N–H and O–H groups in total. The Morgan fingerprint density at radius 2 is 1.95 bits per heavy atom. The van der Waals surface area contributed by atoms with Crippen LogP contribution in [0.3, 0.4) is 0 Å². The molecule has 1 amide bonds. The zero-order valence-corrected chi connectivity index (χ0v) is 14.6. The van der Waals surface area contributed by atoms with Crippen LogP contribution in [0.4, 0.5) is 5.69 Å². The number of carbonyl (C=O) groups excluding carboxylic acids is 1. The van der Waals surface area contributed by atoms with Crippen molar-refractivity contribution in [2.24, 2.45) is 11.1 Å². The van der Waals surface area contributed by atoms with Gasteiger partial charge in [0.1, 0.15) is 0 Å². The van der Waals surface area contributed by atoms with Crippen LogP contribution in [0, 0.1) is 19.3 Å². The van der Waals surface area contributed by atoms with Gasteiger partial charge in [-0.3, -0.25) is 4.79 Å². The minimum Gasteiger partial charge on any atom is -0.327 e. The first-order chi connectivity index (χ1) is 9.08. The summed E-state index contributed by atoms with van der Waals surface area (Å²) in [6, 6.07) is 3.94. The summed E-state index contributed by atoms with van der Waals surface area (Å²) in [6.07, 6.45) is 1.17. The Balaban J connectivity index is 2.68. The molecule has 1 atom stereocenters. The van der Waals surface area contributed by atoms with E-state index < -0.39 is 0 Å². The largest absolute Gasteiger partial charge is 0.327 e. The molecule has 0 radical (unpaired) electrons. The monoisotopic (exact) mass is 340 g/mol. The molecule has 1 unspecified atom stereocenters. The average molecular weight is 341 g/mol. The Hall–Kier alpha value is -0.870. The van der Waals surface area contributed by atoms with E-state index in [1.165, 1.54) is 0 Å². The number of amides is 1. The van der Waals surface area contributed by atoms with E-state index in [4.69, 9.17) is 5.73 Å². The second kappa shape index (κ2) is 6.72. The molecule has 0 heterocycles. The number of halogens is 1. The Labute approximate surface area is 130 Å². The molecule has 0 saturated carbocycles. The maximum atomic E-state index is 12.1. The molecule has 0 aliphatic heterocycles. The van der Waals surface area contributed by atoms with Crippen molar-refractivity contribution in [3.05, 3.63) is 27.7 Å². The van der Waals surface area contributed by atoms with Crippen LogP contribution in [0.15, 0.2) is 16.6 Å². The van der Waals surface area contributed by atoms with Crippen molar-refractivity contribution in [1.29, 1.82) is 0 Å². The predicted octanol–water partition coefficient (Wildman–Crippen LogP) is 4.16. The molecule has 0 fully saturated rings. The van der Waals surface area contributed by atoms with Crippen molar-refractivity contribution < 1.29 is 4.79 Å². The van der Waals surface area contributed by atoms with E-state index in [2.05, 4.69) is 48.1 Å². The van der Waals surface area contributed by atoms with Crippen molar-refractivity contribution in [3.63, 3.8) is 0 Å². The van der Waals surface area contributed by atoms with E-state index in [9.17, 15) is 4.79 Å². The molecule has 0 aromatic heterocycles. The Kier molecular flexibility index (Phi) is 5.78. The fourth-order valence-corrected chi connectivity index (χ4v) is 3.13. The number of hydrogen-bond donors (Lipinski definition) is 2. The van der Waals surface area contributed by atoms with Crippen molar-refractivity contribution >= 4 is 27.5 Å². The average Bonchev–Trinajstić information content (AvgIpc) is 2.20. The summed E-state index contributed by atoms with van der Waals surface area (Å²) in [5.41, 5.74) is 9.23. The van der Waals surface area contributed by atoms with E-state index in [-0.39, 0.29) is 17.4 Å². The lowest BCUT2D eigenvalue weighted by atomic mass is 9.87. The van der Waals surface area contributed by atoms with Gasteiger partial charge in [0.25, 0.3) is 0 Å². The molecule has 0 aliphatic carbocycles. The first-order valence-corrected chi connectivity index (χ1v) is 7.70. The number of hydrogen-bond acceptors (Lipinski definition) is 2. The fraction of sp³-hybridized carbons (Fsp3) is 0.562. The van der Waals surface area contributed by atoms with Gasteiger partial charge in [0.15, 0.2) is 0 Å². The molecule has 0 aliphatic rings. The van der Waals surface area contributed by atoms with Gasteiger partial charge in [0.2, 0.25) is 5.91 Å². The third-order valence-electron chi connectivity index (χ3n) is 3.02. The lowest BCUT2D eigenvalue weighted by Crippen LogP contribution is -2.31. The normalized spacial score (nSPS) is 13.2. The lowest BCUT2D eigenvalue weighted by molar-refractivity contribution is -0.116. The van der Waals surface area contributed by atoms with E-state index >= 15 is 0 Å². The number of benzene rings is 1. The van der Waals surface area contributed by atoms with Gasteiger partial charge in [0.05, 0.1) is 5.69 Å². The lowest BCUT2D eigenvalue weighted by Gasteiger charge is -2.23. The highest BCUT2D eigenvalue weighted by Crippen LogP contribution is 2.28. The zero-order valence-electron chi connectivity index (χ0n) is 13.0. The van der Waals surface area contributed by atoms with Crippen molar-refractivity contribution in [1.82, 2.24) is 0 Å². The molecule has 1 aromatic carbocycles. The minimum absolute atomic E-state index is 0.0330. The van der Waals surface area contributed by atoms with Crippen LogP contribution in [0.5, 0.6) is 0 Å². The topological polar surface area (TPSA) is 55.1 Å². The van der Waals surface area contributed by atoms with Crippen LogP contribution in [0.1, 0.15) is 44.7 Å². The van der Waals surface area contributed by atoms with E-state index in [1.807, 2.05) is 19.9 Å². The molecule has 20 heavy (non-hydrogen) atoms. The summed E-state index contributed by atoms with van der Waals surface area (Å²) < 4.78 is 0.910. The van der Waals surface area contributed by atoms with Gasteiger partial charge < -0.3 is 11.1 Å². The summed E-state index contributed by atoms with van der Waals surface area (Å²) in [7, 11) is 0. The third-order valence-corrected chi connectivity index (χ3v) is 3.64. The molecular formula is C16H25BrN2O. The molecule has 0 saturated heterocycles. The van der Waals surface area contributed by atoms with Crippen LogP contribution in [-0.4, -0.2) is 11.9 Å². The number of rotatable bonds is 4. The minimum atomic E-state index is -0.112. The molecule has 4 heteroatoms. The fourth-order valence-electron chi connectivity index (χ4n) is 2.36. The van der Waals surface area contributed by atoms with Crippen LogP contribution < -0.4 is 11.1 Å². The first-order valence-electron chi connectivity index (χ1n) is 6.90. The zero-order chi connectivity index (χ0) is 15.5. The summed E-state index contributed by atoms with van der Waals surface area (Å²) in [6.45, 7) is 10.4. The summed E-state index contributed by atoms with van der Waals surface area (Å²) >= 11 is 3.50. The molecule has 112 valence electrons. The Bertz CT molecular complexity index is 469. The van der Waals surface area contributed by atoms with E-state index in [0.717, 1.165) is 27.7 Å². The first kappa shape index (κ1) is 17.2. The Morgan fingerprint density at radius 3 is 2.45 bits per heavy atom. The summed E-state index contributed by atoms with van der Waals surface area (Å²) in [5, 5.41) is 2.96. The molecule has 3 nitrogen and oxygen atoms in total. The second-order valence-electron chi connectivity index (χ2n) is 6.72. The van der Waals surface area contributed by atoms with Gasteiger partial charge in [-0.15, -0.1) is 0 Å². The summed E-state index contributed by atoms with van der Waals surface area (Å²) in [4.78, 5) is 12.1. The van der Waals surface area contributed by atoms with Crippen LogP contribution in [0.25, 0.3) is 0 Å². The van der Waals surface area contributed by atoms with Crippen LogP contribution in [0.2, 0.25) is 0 Å². The van der Waals surface area contributed by atoms with Gasteiger partial charge in [0, 0.05) is 16.9 Å². The predicted molar refractivity (Wildman–Crippen MR) is 88.9 cm³/mol. The van der Waals surface area contributed by atoms with E-state index in [0.29, 0.717) is 6.42 Å². The number of carbonyl (C=O) groups is 1. The molecule has 1 rings (SSSR count). The quantitative estimate of drug-likeness (QED) is 0.864. The van der Waals surface area contributed by atoms with Crippen LogP contribution >= 0.6 is 15.9 Å². The number of aryl methyl sites for hydroxylation is 2. The van der Waals surface area contributed by atoms with Gasteiger partial charge >= 0.3 is 0 Å². The van der Waals surface area contributed by atoms with Crippen molar-refractivity contribution in [2.75, 3.05) is 5.32 Å². The second-order valence-corrected chi connectivity index (χ2v) is 7.57. The molecular weight excluding hydrogens is 316 g/mol. The maximum absolute atomic E-state index is 12.1. The highest BCUT2D eigenvalue weighted by molar-refractivity contribution is 9.10. The Morgan fingerprint density at radius 1 is 1.35 bits per heavy atom. The number of nitrogens with two attached hydrogens (primary N) is 1. The molecule has 1 aromatic rings. The smallest absolute Gasteiger partial charge is 0.225 e. The molecule has 0 bridgehead atoms. The SMILES string of the molecule is Cc1cc(C)c(NC(=O)CC(N)CC(C)(C)C)c(Br)c1. The van der Waals surface area contributed by atoms with Gasteiger partial charge in [-0.2, -0.15) is 0 Å². The highest BCUT2D eigenvalue weighted by atomic mass is 79.9.